The number of rotatable bonds is 0. The minimum atomic E-state index is 0.262. The Morgan fingerprint density at radius 3 is 2.86 bits per heavy atom. The molecule has 1 nitrogen and oxygen atoms in total. The molecule has 0 fully saturated rings. The van der Waals surface area contributed by atoms with E-state index in [0.29, 0.717) is 0 Å². The van der Waals surface area contributed by atoms with Gasteiger partial charge in [0.2, 0.25) is 0 Å². The number of hydrogen-bond acceptors (Lipinski definition) is 1. The van der Waals surface area contributed by atoms with Crippen LogP contribution >= 0.6 is 0 Å². The van der Waals surface area contributed by atoms with E-state index in [1.54, 1.807) is 0 Å². The summed E-state index contributed by atoms with van der Waals surface area (Å²) in [5, 5.41) is 0. The average Bonchev–Trinajstić information content (AvgIpc) is 2.26. The van der Waals surface area contributed by atoms with Gasteiger partial charge in [-0.05, 0) is 31.2 Å². The van der Waals surface area contributed by atoms with Crippen LogP contribution < -0.4 is 4.74 Å². The van der Waals surface area contributed by atoms with Crippen LogP contribution in [0.5, 0.6) is 5.75 Å². The van der Waals surface area contributed by atoms with Gasteiger partial charge in [-0.3, -0.25) is 0 Å². The number of aryl methyl sites for hydroxylation is 1. The molecule has 0 saturated heterocycles. The van der Waals surface area contributed by atoms with Crippen molar-refractivity contribution < 1.29 is 4.74 Å². The van der Waals surface area contributed by atoms with Gasteiger partial charge < -0.3 is 4.74 Å². The summed E-state index contributed by atoms with van der Waals surface area (Å²) in [4.78, 5) is 0. The van der Waals surface area contributed by atoms with Gasteiger partial charge in [0.1, 0.15) is 5.75 Å². The highest BCUT2D eigenvalue weighted by atomic mass is 16.5. The van der Waals surface area contributed by atoms with Crippen LogP contribution in [-0.4, -0.2) is 6.61 Å². The minimum absolute atomic E-state index is 0.262. The van der Waals surface area contributed by atoms with Gasteiger partial charge >= 0.3 is 0 Å². The van der Waals surface area contributed by atoms with Crippen LogP contribution in [0.25, 0.3) is 0 Å². The standard InChI is InChI=1S/C13H18O/c1-10-5-6-12-11(9-10)13(2,3)7-4-8-14-12/h5-6,9H,4,7-8H2,1-3H3. The summed E-state index contributed by atoms with van der Waals surface area (Å²) in [7, 11) is 0. The molecule has 1 heterocycles. The number of fused-ring (bicyclic) bond motifs is 1. The number of hydrogen-bond donors (Lipinski definition) is 0. The molecule has 0 amide bonds. The van der Waals surface area contributed by atoms with Crippen LogP contribution in [0.3, 0.4) is 0 Å². The maximum Gasteiger partial charge on any atom is 0.123 e. The molecule has 1 aromatic rings. The van der Waals surface area contributed by atoms with Crippen molar-refractivity contribution in [1.29, 1.82) is 0 Å². The van der Waals surface area contributed by atoms with E-state index in [1.807, 2.05) is 0 Å². The third-order valence-corrected chi connectivity index (χ3v) is 3.07. The van der Waals surface area contributed by atoms with Gasteiger partial charge in [-0.15, -0.1) is 0 Å². The lowest BCUT2D eigenvalue weighted by Gasteiger charge is -2.24. The molecular weight excluding hydrogens is 172 g/mol. The van der Waals surface area contributed by atoms with Crippen molar-refractivity contribution in [3.8, 4) is 5.75 Å². The van der Waals surface area contributed by atoms with Crippen molar-refractivity contribution in [2.24, 2.45) is 0 Å². The molecular formula is C13H18O. The molecule has 1 aliphatic rings. The molecule has 76 valence electrons. The van der Waals surface area contributed by atoms with Gasteiger partial charge in [0.05, 0.1) is 6.61 Å². The van der Waals surface area contributed by atoms with Crippen molar-refractivity contribution >= 4 is 0 Å². The molecule has 0 bridgehead atoms. The second kappa shape index (κ2) is 3.30. The van der Waals surface area contributed by atoms with Crippen LogP contribution in [-0.2, 0) is 5.41 Å². The molecule has 0 unspecified atom stereocenters. The molecule has 1 aromatic carbocycles. The first-order valence-corrected chi connectivity index (χ1v) is 5.33. The number of ether oxygens (including phenoxy) is 1. The fourth-order valence-electron chi connectivity index (χ4n) is 2.13. The van der Waals surface area contributed by atoms with Crippen LogP contribution in [0.1, 0.15) is 37.8 Å². The van der Waals surface area contributed by atoms with Crippen molar-refractivity contribution in [3.05, 3.63) is 29.3 Å². The van der Waals surface area contributed by atoms with E-state index < -0.39 is 0 Å². The van der Waals surface area contributed by atoms with Gasteiger partial charge in [0.15, 0.2) is 0 Å². The van der Waals surface area contributed by atoms with Crippen molar-refractivity contribution in [2.45, 2.75) is 39.0 Å². The van der Waals surface area contributed by atoms with E-state index in [0.717, 1.165) is 18.8 Å². The average molecular weight is 190 g/mol. The van der Waals surface area contributed by atoms with E-state index in [1.165, 1.54) is 17.5 Å². The lowest BCUT2D eigenvalue weighted by atomic mass is 9.80. The fraction of sp³-hybridized carbons (Fsp3) is 0.538. The van der Waals surface area contributed by atoms with Gasteiger partial charge in [0.25, 0.3) is 0 Å². The van der Waals surface area contributed by atoms with Crippen molar-refractivity contribution in [3.63, 3.8) is 0 Å². The van der Waals surface area contributed by atoms with E-state index in [9.17, 15) is 0 Å². The lowest BCUT2D eigenvalue weighted by molar-refractivity contribution is 0.314. The van der Waals surface area contributed by atoms with Crippen LogP contribution in [0.4, 0.5) is 0 Å². The molecule has 0 N–H and O–H groups in total. The molecule has 14 heavy (non-hydrogen) atoms. The van der Waals surface area contributed by atoms with Crippen molar-refractivity contribution in [1.82, 2.24) is 0 Å². The van der Waals surface area contributed by atoms with Gasteiger partial charge in [0, 0.05) is 5.56 Å². The summed E-state index contributed by atoms with van der Waals surface area (Å²) >= 11 is 0. The highest BCUT2D eigenvalue weighted by molar-refractivity contribution is 5.42. The monoisotopic (exact) mass is 190 g/mol. The molecule has 0 aromatic heterocycles. The Bertz CT molecular complexity index is 339. The fourth-order valence-corrected chi connectivity index (χ4v) is 2.13. The van der Waals surface area contributed by atoms with E-state index in [-0.39, 0.29) is 5.41 Å². The molecule has 1 heteroatoms. The van der Waals surface area contributed by atoms with Gasteiger partial charge in [-0.25, -0.2) is 0 Å². The quantitative estimate of drug-likeness (QED) is 0.609. The Morgan fingerprint density at radius 1 is 1.29 bits per heavy atom. The summed E-state index contributed by atoms with van der Waals surface area (Å²) in [6, 6.07) is 6.50. The zero-order chi connectivity index (χ0) is 10.2. The maximum atomic E-state index is 5.74. The Morgan fingerprint density at radius 2 is 2.07 bits per heavy atom. The van der Waals surface area contributed by atoms with Gasteiger partial charge in [-0.1, -0.05) is 31.5 Å². The highest BCUT2D eigenvalue weighted by Gasteiger charge is 2.26. The molecule has 0 spiro atoms. The summed E-state index contributed by atoms with van der Waals surface area (Å²) in [6.07, 6.45) is 2.37. The van der Waals surface area contributed by atoms with E-state index in [2.05, 4.69) is 39.0 Å². The predicted molar refractivity (Wildman–Crippen MR) is 58.9 cm³/mol. The van der Waals surface area contributed by atoms with Gasteiger partial charge in [-0.2, -0.15) is 0 Å². The molecule has 1 aliphatic heterocycles. The Labute approximate surface area is 86.1 Å². The Kier molecular flexibility index (Phi) is 2.26. The third kappa shape index (κ3) is 1.63. The normalized spacial score (nSPS) is 19.4. The molecule has 0 radical (unpaired) electrons. The summed E-state index contributed by atoms with van der Waals surface area (Å²) in [5.74, 6) is 1.08. The Hall–Kier alpha value is -0.980. The first-order valence-electron chi connectivity index (χ1n) is 5.33. The summed E-state index contributed by atoms with van der Waals surface area (Å²) in [6.45, 7) is 7.61. The first kappa shape index (κ1) is 9.57. The third-order valence-electron chi connectivity index (χ3n) is 3.07. The summed E-state index contributed by atoms with van der Waals surface area (Å²) < 4.78 is 5.74. The molecule has 0 aliphatic carbocycles. The smallest absolute Gasteiger partial charge is 0.123 e. The largest absolute Gasteiger partial charge is 0.493 e. The van der Waals surface area contributed by atoms with E-state index >= 15 is 0 Å². The van der Waals surface area contributed by atoms with Crippen LogP contribution in [0.15, 0.2) is 18.2 Å². The minimum Gasteiger partial charge on any atom is -0.493 e. The summed E-state index contributed by atoms with van der Waals surface area (Å²) in [5.41, 5.74) is 2.95. The number of benzene rings is 1. The van der Waals surface area contributed by atoms with E-state index in [4.69, 9.17) is 4.74 Å². The zero-order valence-corrected chi connectivity index (χ0v) is 9.26. The SMILES string of the molecule is Cc1ccc2c(c1)C(C)(C)CCCO2. The first-order chi connectivity index (χ1) is 6.59. The van der Waals surface area contributed by atoms with Crippen molar-refractivity contribution in [2.75, 3.05) is 6.61 Å². The zero-order valence-electron chi connectivity index (χ0n) is 9.26. The molecule has 2 rings (SSSR count). The van der Waals surface area contributed by atoms with Crippen LogP contribution in [0, 0.1) is 6.92 Å². The maximum absolute atomic E-state index is 5.74. The predicted octanol–water partition coefficient (Wildman–Crippen LogP) is 3.45. The Balaban J connectivity index is 2.52. The van der Waals surface area contributed by atoms with Crippen LogP contribution in [0.2, 0.25) is 0 Å². The second-order valence-corrected chi connectivity index (χ2v) is 4.84. The lowest BCUT2D eigenvalue weighted by Crippen LogP contribution is -2.16. The highest BCUT2D eigenvalue weighted by Crippen LogP contribution is 2.38. The molecule has 0 atom stereocenters. The topological polar surface area (TPSA) is 9.23 Å². The molecule has 0 saturated carbocycles. The second-order valence-electron chi connectivity index (χ2n) is 4.84.